The van der Waals surface area contributed by atoms with Crippen molar-refractivity contribution in [2.24, 2.45) is 0 Å². The summed E-state index contributed by atoms with van der Waals surface area (Å²) in [7, 11) is 0. The summed E-state index contributed by atoms with van der Waals surface area (Å²) >= 11 is 7.10. The largest absolute Gasteiger partial charge is 0.480 e. The molecular formula is C20H16ClN5O6S. The summed E-state index contributed by atoms with van der Waals surface area (Å²) in [5.74, 6) is -0.865. The van der Waals surface area contributed by atoms with Crippen molar-refractivity contribution in [2.45, 2.75) is 31.3 Å². The minimum atomic E-state index is -1.12. The number of carbonyl (C=O) groups is 2. The highest BCUT2D eigenvalue weighted by Crippen LogP contribution is 2.49. The van der Waals surface area contributed by atoms with Gasteiger partial charge in [-0.15, -0.1) is 0 Å². The van der Waals surface area contributed by atoms with Gasteiger partial charge in [0.25, 0.3) is 0 Å². The Morgan fingerprint density at radius 1 is 1.30 bits per heavy atom. The van der Waals surface area contributed by atoms with Crippen LogP contribution >= 0.6 is 23.1 Å². The zero-order valence-corrected chi connectivity index (χ0v) is 18.6. The maximum Gasteiger partial charge on any atom is 0.412 e. The van der Waals surface area contributed by atoms with Crippen molar-refractivity contribution in [3.63, 3.8) is 0 Å². The number of benzene rings is 1. The Bertz CT molecular complexity index is 1360. The Labute approximate surface area is 194 Å². The van der Waals surface area contributed by atoms with E-state index in [4.69, 9.17) is 30.9 Å². The highest BCUT2D eigenvalue weighted by atomic mass is 35.5. The summed E-state index contributed by atoms with van der Waals surface area (Å²) in [5, 5.41) is 12.4. The van der Waals surface area contributed by atoms with E-state index in [0.29, 0.717) is 28.3 Å². The maximum absolute atomic E-state index is 12.5. The van der Waals surface area contributed by atoms with Crippen molar-refractivity contribution in [1.82, 2.24) is 14.3 Å². The molecule has 1 aromatic carbocycles. The van der Waals surface area contributed by atoms with Crippen LogP contribution in [0, 0.1) is 0 Å². The molecule has 1 atom stereocenters. The van der Waals surface area contributed by atoms with Gasteiger partial charge in [0.05, 0.1) is 0 Å². The van der Waals surface area contributed by atoms with E-state index in [1.54, 1.807) is 31.2 Å². The number of nitrogens with two attached hydrogens (primary N) is 1. The van der Waals surface area contributed by atoms with Gasteiger partial charge in [-0.1, -0.05) is 29.8 Å². The number of amides is 1. The third kappa shape index (κ3) is 3.66. The number of oxazole rings is 2. The van der Waals surface area contributed by atoms with Gasteiger partial charge in [0.1, 0.15) is 22.1 Å². The molecule has 33 heavy (non-hydrogen) atoms. The van der Waals surface area contributed by atoms with Gasteiger partial charge in [0.2, 0.25) is 17.4 Å². The van der Waals surface area contributed by atoms with Crippen LogP contribution in [0.3, 0.4) is 0 Å². The molecule has 5 rings (SSSR count). The second-order valence-corrected chi connectivity index (χ2v) is 8.68. The monoisotopic (exact) mass is 489 g/mol. The number of aliphatic carboxylic acids is 1. The number of nitrogen functional groups attached to an aromatic ring is 1. The molecule has 0 spiro atoms. The molecule has 1 unspecified atom stereocenters. The highest BCUT2D eigenvalue weighted by molar-refractivity contribution is 7.10. The standard InChI is InChI=1S/C20H16ClN5O6S/c1-8(9-4-2-3-5-10(9)21)30-19(29)23-11-12(33-26-13(11)22)15-24-14-16(31-15)32-17(25-14)20(6-7-20)18(27)28/h2-5,8H,6-7H2,1H3,(H2,22,26)(H,23,29)(H,27,28). The van der Waals surface area contributed by atoms with Crippen molar-refractivity contribution in [2.75, 3.05) is 11.1 Å². The Kier molecular flexibility index (Phi) is 4.98. The molecule has 0 aliphatic heterocycles. The number of nitrogens with zero attached hydrogens (tertiary/aromatic N) is 3. The van der Waals surface area contributed by atoms with Gasteiger partial charge in [-0.05, 0) is 37.4 Å². The molecular weight excluding hydrogens is 474 g/mol. The first-order valence-corrected chi connectivity index (χ1v) is 10.9. The summed E-state index contributed by atoms with van der Waals surface area (Å²) in [4.78, 5) is 32.7. The second kappa shape index (κ2) is 7.74. The van der Waals surface area contributed by atoms with Crippen molar-refractivity contribution in [3.05, 3.63) is 40.7 Å². The lowest BCUT2D eigenvalue weighted by Gasteiger charge is -2.15. The van der Waals surface area contributed by atoms with Crippen molar-refractivity contribution in [1.29, 1.82) is 0 Å². The number of hydrogen-bond donors (Lipinski definition) is 3. The number of hydrogen-bond acceptors (Lipinski definition) is 10. The normalized spacial score (nSPS) is 15.3. The molecule has 3 aromatic heterocycles. The summed E-state index contributed by atoms with van der Waals surface area (Å²) in [6.07, 6.45) is -0.520. The van der Waals surface area contributed by atoms with Gasteiger partial charge in [0, 0.05) is 10.6 Å². The van der Waals surface area contributed by atoms with E-state index in [9.17, 15) is 14.7 Å². The SMILES string of the molecule is CC(OC(=O)Nc1c(N)nsc1-c1nc2nc(C3(C(=O)O)CC3)oc2o1)c1ccccc1Cl. The summed E-state index contributed by atoms with van der Waals surface area (Å²) < 4.78 is 20.6. The number of nitrogens with one attached hydrogen (secondary N) is 1. The lowest BCUT2D eigenvalue weighted by atomic mass is 10.1. The molecule has 3 heterocycles. The Morgan fingerprint density at radius 3 is 2.73 bits per heavy atom. The molecule has 13 heteroatoms. The van der Waals surface area contributed by atoms with E-state index in [0.717, 1.165) is 11.5 Å². The van der Waals surface area contributed by atoms with Crippen molar-refractivity contribution < 1.29 is 28.3 Å². The lowest BCUT2D eigenvalue weighted by Crippen LogP contribution is -2.19. The van der Waals surface area contributed by atoms with E-state index >= 15 is 0 Å². The number of halogens is 1. The van der Waals surface area contributed by atoms with Crippen LogP contribution in [-0.4, -0.2) is 31.5 Å². The number of fused-ring (bicyclic) bond motifs is 1. The molecule has 0 bridgehead atoms. The second-order valence-electron chi connectivity index (χ2n) is 7.50. The molecule has 4 N–H and O–H groups in total. The zero-order chi connectivity index (χ0) is 23.3. The molecule has 1 saturated carbocycles. The lowest BCUT2D eigenvalue weighted by molar-refractivity contribution is -0.140. The molecule has 11 nitrogen and oxygen atoms in total. The van der Waals surface area contributed by atoms with Crippen LogP contribution in [0.25, 0.3) is 22.2 Å². The predicted molar refractivity (Wildman–Crippen MR) is 118 cm³/mol. The van der Waals surface area contributed by atoms with Crippen LogP contribution in [0.15, 0.2) is 33.1 Å². The topological polar surface area (TPSA) is 167 Å². The molecule has 0 radical (unpaired) electrons. The Hall–Kier alpha value is -3.64. The average Bonchev–Trinajstić information content (AvgIpc) is 3.18. The van der Waals surface area contributed by atoms with E-state index < -0.39 is 23.6 Å². The molecule has 170 valence electrons. The number of anilines is 2. The molecule has 1 aliphatic rings. The molecule has 4 aromatic rings. The van der Waals surface area contributed by atoms with Crippen molar-refractivity contribution in [3.8, 4) is 10.8 Å². The first-order chi connectivity index (χ1) is 15.8. The fraction of sp³-hybridized carbons (Fsp3) is 0.250. The highest BCUT2D eigenvalue weighted by Gasteiger charge is 2.56. The first-order valence-electron chi connectivity index (χ1n) is 9.77. The fourth-order valence-corrected chi connectivity index (χ4v) is 4.30. The maximum atomic E-state index is 12.5. The summed E-state index contributed by atoms with van der Waals surface area (Å²) in [6, 6.07) is 7.02. The van der Waals surface area contributed by atoms with E-state index in [1.807, 2.05) is 0 Å². The van der Waals surface area contributed by atoms with Gasteiger partial charge < -0.3 is 24.4 Å². The van der Waals surface area contributed by atoms with Crippen LogP contribution < -0.4 is 11.1 Å². The van der Waals surface area contributed by atoms with E-state index in [2.05, 4.69) is 19.7 Å². The first kappa shape index (κ1) is 21.2. The number of carboxylic acid groups (broad SMARTS) is 1. The Balaban J connectivity index is 1.36. The number of aromatic nitrogens is 3. The molecule has 0 saturated heterocycles. The van der Waals surface area contributed by atoms with Crippen LogP contribution in [0.4, 0.5) is 16.3 Å². The van der Waals surface area contributed by atoms with Crippen molar-refractivity contribution >= 4 is 58.1 Å². The third-order valence-corrected chi connectivity index (χ3v) is 6.51. The van der Waals surface area contributed by atoms with Crippen LogP contribution in [0.5, 0.6) is 0 Å². The molecule has 1 amide bonds. The average molecular weight is 490 g/mol. The summed E-state index contributed by atoms with van der Waals surface area (Å²) in [5.41, 5.74) is 5.72. The van der Waals surface area contributed by atoms with E-state index in [1.165, 1.54) is 0 Å². The number of carboxylic acids is 1. The number of ether oxygens (including phenoxy) is 1. The Morgan fingerprint density at radius 2 is 2.06 bits per heavy atom. The number of carbonyl (C=O) groups excluding carboxylic acids is 1. The zero-order valence-electron chi connectivity index (χ0n) is 17.0. The number of rotatable bonds is 6. The minimum Gasteiger partial charge on any atom is -0.480 e. The summed E-state index contributed by atoms with van der Waals surface area (Å²) in [6.45, 7) is 1.69. The van der Waals surface area contributed by atoms with Gasteiger partial charge in [-0.3, -0.25) is 10.1 Å². The predicted octanol–water partition coefficient (Wildman–Crippen LogP) is 4.60. The van der Waals surface area contributed by atoms with Crippen LogP contribution in [0.2, 0.25) is 5.02 Å². The quantitative estimate of drug-likeness (QED) is 0.348. The molecule has 1 aliphatic carbocycles. The van der Waals surface area contributed by atoms with Gasteiger partial charge >= 0.3 is 17.8 Å². The molecule has 1 fully saturated rings. The van der Waals surface area contributed by atoms with Gasteiger partial charge in [-0.25, -0.2) is 4.79 Å². The van der Waals surface area contributed by atoms with Crippen LogP contribution in [0.1, 0.15) is 37.3 Å². The minimum absolute atomic E-state index is 0.0274. The van der Waals surface area contributed by atoms with Gasteiger partial charge in [0.15, 0.2) is 5.82 Å². The van der Waals surface area contributed by atoms with Gasteiger partial charge in [-0.2, -0.15) is 14.3 Å². The smallest absolute Gasteiger partial charge is 0.412 e. The third-order valence-electron chi connectivity index (χ3n) is 5.31. The fourth-order valence-electron chi connectivity index (χ4n) is 3.32. The van der Waals surface area contributed by atoms with E-state index in [-0.39, 0.29) is 34.7 Å². The van der Waals surface area contributed by atoms with Crippen LogP contribution in [-0.2, 0) is 14.9 Å².